The number of hydrogen-bond acceptors (Lipinski definition) is 5. The van der Waals surface area contributed by atoms with Crippen molar-refractivity contribution in [3.05, 3.63) is 81.0 Å². The number of nitrogens with one attached hydrogen (secondary N) is 1. The Morgan fingerprint density at radius 1 is 1.19 bits per heavy atom. The van der Waals surface area contributed by atoms with Crippen molar-refractivity contribution in [1.82, 2.24) is 10.4 Å². The lowest BCUT2D eigenvalue weighted by Gasteiger charge is -2.06. The largest absolute Gasteiger partial charge is 0.273 e. The quantitative estimate of drug-likeness (QED) is 0.443. The Morgan fingerprint density at radius 3 is 2.77 bits per heavy atom. The zero-order valence-corrected chi connectivity index (χ0v) is 14.3. The molecule has 3 rings (SSSR count). The molecule has 0 atom stereocenters. The SMILES string of the molecule is Cc1ccc2nc(C)c(C(=O)NN=Cc3cccc([N+](=O)[O-])c3)cc2c1. The van der Waals surface area contributed by atoms with Gasteiger partial charge in [0.15, 0.2) is 0 Å². The number of carbonyl (C=O) groups excluding carboxylic acids is 1. The van der Waals surface area contributed by atoms with Crippen LogP contribution in [0.1, 0.15) is 27.2 Å². The average molecular weight is 348 g/mol. The van der Waals surface area contributed by atoms with Crippen LogP contribution in [0.3, 0.4) is 0 Å². The van der Waals surface area contributed by atoms with E-state index in [1.165, 1.54) is 18.3 Å². The molecule has 1 aromatic heterocycles. The number of nitrogens with zero attached hydrogens (tertiary/aromatic N) is 3. The molecular formula is C19H16N4O3. The molecule has 7 nitrogen and oxygen atoms in total. The minimum Gasteiger partial charge on any atom is -0.267 e. The Morgan fingerprint density at radius 2 is 2.00 bits per heavy atom. The number of benzene rings is 2. The smallest absolute Gasteiger partial charge is 0.267 e. The zero-order chi connectivity index (χ0) is 18.7. The van der Waals surface area contributed by atoms with Gasteiger partial charge >= 0.3 is 0 Å². The van der Waals surface area contributed by atoms with E-state index >= 15 is 0 Å². The second-order valence-electron chi connectivity index (χ2n) is 5.87. The number of fused-ring (bicyclic) bond motifs is 1. The molecule has 0 saturated carbocycles. The number of rotatable bonds is 4. The van der Waals surface area contributed by atoms with Gasteiger partial charge in [-0.05, 0) is 32.0 Å². The first-order valence-electron chi connectivity index (χ1n) is 7.90. The third-order valence-electron chi connectivity index (χ3n) is 3.87. The van der Waals surface area contributed by atoms with Crippen molar-refractivity contribution in [1.29, 1.82) is 0 Å². The van der Waals surface area contributed by atoms with Gasteiger partial charge in [-0.25, -0.2) is 5.43 Å². The molecule has 0 saturated heterocycles. The van der Waals surface area contributed by atoms with Crippen LogP contribution in [0.25, 0.3) is 10.9 Å². The second-order valence-corrected chi connectivity index (χ2v) is 5.87. The molecule has 0 radical (unpaired) electrons. The van der Waals surface area contributed by atoms with Crippen molar-refractivity contribution in [2.24, 2.45) is 5.10 Å². The Bertz CT molecular complexity index is 1040. The Kier molecular flexibility index (Phi) is 4.70. The van der Waals surface area contributed by atoms with Crippen molar-refractivity contribution >= 4 is 28.7 Å². The van der Waals surface area contributed by atoms with Gasteiger partial charge in [0, 0.05) is 23.1 Å². The molecule has 1 heterocycles. The lowest BCUT2D eigenvalue weighted by atomic mass is 10.1. The summed E-state index contributed by atoms with van der Waals surface area (Å²) in [5.41, 5.74) is 5.85. The number of hydrazone groups is 1. The van der Waals surface area contributed by atoms with Gasteiger partial charge < -0.3 is 0 Å². The minimum absolute atomic E-state index is 0.0368. The number of aryl methyl sites for hydroxylation is 2. The van der Waals surface area contributed by atoms with E-state index in [0.717, 1.165) is 16.5 Å². The van der Waals surface area contributed by atoms with E-state index in [1.807, 2.05) is 25.1 Å². The minimum atomic E-state index is -0.484. The van der Waals surface area contributed by atoms with E-state index in [9.17, 15) is 14.9 Å². The maximum Gasteiger partial charge on any atom is 0.273 e. The summed E-state index contributed by atoms with van der Waals surface area (Å²) in [6.07, 6.45) is 1.36. The predicted octanol–water partition coefficient (Wildman–Crippen LogP) is 3.52. The molecule has 130 valence electrons. The van der Waals surface area contributed by atoms with Gasteiger partial charge in [0.05, 0.1) is 27.9 Å². The van der Waals surface area contributed by atoms with E-state index in [1.54, 1.807) is 25.1 Å². The highest BCUT2D eigenvalue weighted by Gasteiger charge is 2.11. The molecule has 7 heteroatoms. The highest BCUT2D eigenvalue weighted by molar-refractivity contribution is 5.99. The molecule has 0 bridgehead atoms. The standard InChI is InChI=1S/C19H16N4O3/c1-12-6-7-18-15(8-12)10-17(13(2)21-18)19(24)22-20-11-14-4-3-5-16(9-14)23(25)26/h3-11H,1-2H3,(H,22,24). The molecule has 1 N–H and O–H groups in total. The Balaban J connectivity index is 1.80. The molecular weight excluding hydrogens is 332 g/mol. The van der Waals surface area contributed by atoms with Crippen LogP contribution < -0.4 is 5.43 Å². The van der Waals surface area contributed by atoms with E-state index < -0.39 is 4.92 Å². The monoisotopic (exact) mass is 348 g/mol. The fourth-order valence-electron chi connectivity index (χ4n) is 2.57. The van der Waals surface area contributed by atoms with Crippen LogP contribution in [0, 0.1) is 24.0 Å². The fraction of sp³-hybridized carbons (Fsp3) is 0.105. The summed E-state index contributed by atoms with van der Waals surface area (Å²) in [6.45, 7) is 3.74. The third kappa shape index (κ3) is 3.72. The first kappa shape index (κ1) is 17.2. The van der Waals surface area contributed by atoms with E-state index in [4.69, 9.17) is 0 Å². The number of amides is 1. The number of nitro benzene ring substituents is 1. The molecule has 2 aromatic carbocycles. The van der Waals surface area contributed by atoms with Crippen LogP contribution in [0.2, 0.25) is 0 Å². The molecule has 3 aromatic rings. The topological polar surface area (TPSA) is 97.5 Å². The van der Waals surface area contributed by atoms with Crippen molar-refractivity contribution in [3.8, 4) is 0 Å². The van der Waals surface area contributed by atoms with Gasteiger partial charge in [-0.2, -0.15) is 5.10 Å². The van der Waals surface area contributed by atoms with Gasteiger partial charge in [0.1, 0.15) is 0 Å². The van der Waals surface area contributed by atoms with E-state index in [2.05, 4.69) is 15.5 Å². The van der Waals surface area contributed by atoms with Crippen LogP contribution in [-0.2, 0) is 0 Å². The summed E-state index contributed by atoms with van der Waals surface area (Å²) in [4.78, 5) is 27.1. The Hall–Kier alpha value is -3.61. The predicted molar refractivity (Wildman–Crippen MR) is 99.4 cm³/mol. The summed E-state index contributed by atoms with van der Waals surface area (Å²) in [7, 11) is 0. The number of hydrogen-bond donors (Lipinski definition) is 1. The zero-order valence-electron chi connectivity index (χ0n) is 14.3. The van der Waals surface area contributed by atoms with Crippen LogP contribution in [0.5, 0.6) is 0 Å². The third-order valence-corrected chi connectivity index (χ3v) is 3.87. The molecule has 0 fully saturated rings. The molecule has 0 aliphatic rings. The first-order chi connectivity index (χ1) is 12.4. The van der Waals surface area contributed by atoms with Crippen LogP contribution in [-0.4, -0.2) is 22.0 Å². The lowest BCUT2D eigenvalue weighted by molar-refractivity contribution is -0.384. The van der Waals surface area contributed by atoms with Crippen LogP contribution in [0.15, 0.2) is 53.6 Å². The normalized spacial score (nSPS) is 11.0. The summed E-state index contributed by atoms with van der Waals surface area (Å²) in [5, 5.41) is 15.5. The number of carbonyl (C=O) groups is 1. The molecule has 0 aliphatic heterocycles. The lowest BCUT2D eigenvalue weighted by Crippen LogP contribution is -2.19. The van der Waals surface area contributed by atoms with E-state index in [0.29, 0.717) is 16.8 Å². The van der Waals surface area contributed by atoms with Crippen molar-refractivity contribution in [2.75, 3.05) is 0 Å². The second kappa shape index (κ2) is 7.10. The van der Waals surface area contributed by atoms with Gasteiger partial charge in [0.25, 0.3) is 11.6 Å². The Labute approximate surface area is 149 Å². The summed E-state index contributed by atoms with van der Waals surface area (Å²) >= 11 is 0. The van der Waals surface area contributed by atoms with Crippen LogP contribution >= 0.6 is 0 Å². The van der Waals surface area contributed by atoms with Crippen LogP contribution in [0.4, 0.5) is 5.69 Å². The first-order valence-corrected chi connectivity index (χ1v) is 7.90. The maximum atomic E-state index is 12.4. The molecule has 0 spiro atoms. The molecule has 26 heavy (non-hydrogen) atoms. The highest BCUT2D eigenvalue weighted by Crippen LogP contribution is 2.18. The van der Waals surface area contributed by atoms with Gasteiger partial charge in [0.2, 0.25) is 0 Å². The van der Waals surface area contributed by atoms with Gasteiger partial charge in [-0.1, -0.05) is 23.8 Å². The van der Waals surface area contributed by atoms with Crippen molar-refractivity contribution in [2.45, 2.75) is 13.8 Å². The molecule has 0 unspecified atom stereocenters. The number of aromatic nitrogens is 1. The number of nitro groups is 1. The fourth-order valence-corrected chi connectivity index (χ4v) is 2.57. The van der Waals surface area contributed by atoms with E-state index in [-0.39, 0.29) is 11.6 Å². The summed E-state index contributed by atoms with van der Waals surface area (Å²) in [5.74, 6) is -0.389. The molecule has 1 amide bonds. The van der Waals surface area contributed by atoms with Crippen molar-refractivity contribution < 1.29 is 9.72 Å². The van der Waals surface area contributed by atoms with Crippen molar-refractivity contribution in [3.63, 3.8) is 0 Å². The summed E-state index contributed by atoms with van der Waals surface area (Å²) in [6, 6.07) is 13.6. The number of pyridine rings is 1. The number of non-ortho nitro benzene ring substituents is 1. The van der Waals surface area contributed by atoms with Gasteiger partial charge in [-0.15, -0.1) is 0 Å². The highest BCUT2D eigenvalue weighted by atomic mass is 16.6. The average Bonchev–Trinajstić information content (AvgIpc) is 2.61. The molecule has 0 aliphatic carbocycles. The maximum absolute atomic E-state index is 12.4. The summed E-state index contributed by atoms with van der Waals surface area (Å²) < 4.78 is 0. The van der Waals surface area contributed by atoms with Gasteiger partial charge in [-0.3, -0.25) is 19.9 Å².